The fourth-order valence-electron chi connectivity index (χ4n) is 4.04. The number of H-pyrrole nitrogens is 1. The Morgan fingerprint density at radius 2 is 1.97 bits per heavy atom. The molecule has 2 aromatic heterocycles. The number of aromatic hydroxyl groups is 1. The van der Waals surface area contributed by atoms with Crippen molar-refractivity contribution in [1.29, 1.82) is 0 Å². The summed E-state index contributed by atoms with van der Waals surface area (Å²) in [7, 11) is 0. The number of pyridine rings is 2. The summed E-state index contributed by atoms with van der Waals surface area (Å²) in [5.74, 6) is 1.72. The van der Waals surface area contributed by atoms with E-state index in [2.05, 4.69) is 47.4 Å². The van der Waals surface area contributed by atoms with Crippen LogP contribution in [0, 0.1) is 9.49 Å². The zero-order valence-electron chi connectivity index (χ0n) is 17.1. The van der Waals surface area contributed by atoms with E-state index in [1.165, 1.54) is 19.4 Å². The minimum absolute atomic E-state index is 0.183. The number of benzene rings is 1. The Morgan fingerprint density at radius 1 is 1.16 bits per heavy atom. The van der Waals surface area contributed by atoms with E-state index in [-0.39, 0.29) is 11.4 Å². The molecule has 1 aliphatic heterocycles. The number of nitrogens with one attached hydrogen (secondary N) is 1. The molecule has 0 amide bonds. The average Bonchev–Trinajstić information content (AvgIpc) is 3.58. The smallest absolute Gasteiger partial charge is 0.258 e. The lowest BCUT2D eigenvalue weighted by Crippen LogP contribution is -2.47. The number of halogens is 1. The second-order valence-corrected chi connectivity index (χ2v) is 9.52. The SMILES string of the molecule is O=c1[nH]c(O)c(C=Nc2ccc(N3CCN(CC4CC4)CC3)nc2)c2cc(I)ccc12. The largest absolute Gasteiger partial charge is 0.494 e. The van der Waals surface area contributed by atoms with Gasteiger partial charge >= 0.3 is 0 Å². The number of hydrogen-bond donors (Lipinski definition) is 2. The molecule has 0 atom stereocenters. The molecule has 7 nitrogen and oxygen atoms in total. The van der Waals surface area contributed by atoms with Crippen molar-refractivity contribution in [2.45, 2.75) is 12.8 Å². The lowest BCUT2D eigenvalue weighted by Gasteiger charge is -2.35. The van der Waals surface area contributed by atoms with Gasteiger partial charge in [-0.15, -0.1) is 0 Å². The van der Waals surface area contributed by atoms with Gasteiger partial charge in [-0.05, 0) is 71.7 Å². The quantitative estimate of drug-likeness (QED) is 0.391. The van der Waals surface area contributed by atoms with Gasteiger partial charge in [-0.2, -0.15) is 0 Å². The second kappa shape index (κ2) is 8.58. The highest BCUT2D eigenvalue weighted by atomic mass is 127. The maximum Gasteiger partial charge on any atom is 0.258 e. The van der Waals surface area contributed by atoms with Crippen LogP contribution in [0.4, 0.5) is 11.5 Å². The Labute approximate surface area is 194 Å². The van der Waals surface area contributed by atoms with Crippen LogP contribution in [-0.4, -0.2) is 58.9 Å². The highest BCUT2D eigenvalue weighted by molar-refractivity contribution is 14.1. The molecule has 160 valence electrons. The lowest BCUT2D eigenvalue weighted by atomic mass is 10.1. The molecule has 5 rings (SSSR count). The topological polar surface area (TPSA) is 84.8 Å². The van der Waals surface area contributed by atoms with Crippen LogP contribution in [-0.2, 0) is 0 Å². The van der Waals surface area contributed by atoms with E-state index in [0.717, 1.165) is 41.5 Å². The number of hydrogen-bond acceptors (Lipinski definition) is 6. The van der Waals surface area contributed by atoms with Crippen LogP contribution in [0.1, 0.15) is 18.4 Å². The van der Waals surface area contributed by atoms with Gasteiger partial charge in [0.05, 0.1) is 17.4 Å². The van der Waals surface area contributed by atoms with E-state index < -0.39 is 0 Å². The molecule has 2 aliphatic rings. The summed E-state index contributed by atoms with van der Waals surface area (Å²) >= 11 is 2.19. The molecule has 0 radical (unpaired) electrons. The molecule has 0 spiro atoms. The minimum Gasteiger partial charge on any atom is -0.494 e. The Kier molecular flexibility index (Phi) is 5.66. The first-order valence-electron chi connectivity index (χ1n) is 10.6. The highest BCUT2D eigenvalue weighted by Crippen LogP contribution is 2.30. The summed E-state index contributed by atoms with van der Waals surface area (Å²) in [5, 5.41) is 11.5. The van der Waals surface area contributed by atoms with Crippen LogP contribution in [0.3, 0.4) is 0 Å². The predicted octanol–water partition coefficient (Wildman–Crippen LogP) is 3.52. The number of aromatic nitrogens is 2. The summed E-state index contributed by atoms with van der Waals surface area (Å²) < 4.78 is 0.980. The van der Waals surface area contributed by atoms with Crippen molar-refractivity contribution < 1.29 is 5.11 Å². The Bertz CT molecular complexity index is 1180. The standard InChI is InChI=1S/C23H24IN5O2/c24-16-3-5-18-19(11-16)20(23(31)27-22(18)30)13-25-17-4-6-21(26-12-17)29-9-7-28(8-10-29)14-15-1-2-15/h3-6,11-13,15H,1-2,7-10,14H2,(H2,27,30,31). The summed E-state index contributed by atoms with van der Waals surface area (Å²) in [6.45, 7) is 5.43. The molecule has 1 saturated carbocycles. The number of piperazine rings is 1. The average molecular weight is 529 g/mol. The zero-order valence-corrected chi connectivity index (χ0v) is 19.2. The first-order valence-corrected chi connectivity index (χ1v) is 11.7. The van der Waals surface area contributed by atoms with Gasteiger partial charge in [0.1, 0.15) is 5.82 Å². The first kappa shape index (κ1) is 20.4. The van der Waals surface area contributed by atoms with Crippen molar-refractivity contribution in [2.24, 2.45) is 10.9 Å². The summed E-state index contributed by atoms with van der Waals surface area (Å²) in [6.07, 6.45) is 6.12. The predicted molar refractivity (Wildman–Crippen MR) is 132 cm³/mol. The van der Waals surface area contributed by atoms with Gasteiger partial charge in [0.15, 0.2) is 0 Å². The maximum absolute atomic E-state index is 12.1. The van der Waals surface area contributed by atoms with E-state index in [0.29, 0.717) is 22.0 Å². The number of aliphatic imine (C=N–C) groups is 1. The second-order valence-electron chi connectivity index (χ2n) is 8.27. The number of anilines is 1. The monoisotopic (exact) mass is 529 g/mol. The molecule has 2 N–H and O–H groups in total. The van der Waals surface area contributed by atoms with Crippen molar-refractivity contribution in [2.75, 3.05) is 37.6 Å². The van der Waals surface area contributed by atoms with E-state index in [9.17, 15) is 9.90 Å². The molecule has 1 aromatic carbocycles. The number of nitrogens with zero attached hydrogens (tertiary/aromatic N) is 4. The van der Waals surface area contributed by atoms with Crippen LogP contribution in [0.25, 0.3) is 10.8 Å². The fraction of sp³-hybridized carbons (Fsp3) is 0.348. The van der Waals surface area contributed by atoms with Crippen molar-refractivity contribution in [3.63, 3.8) is 0 Å². The number of rotatable bonds is 5. The third-order valence-corrected chi connectivity index (χ3v) is 6.66. The minimum atomic E-state index is -0.315. The van der Waals surface area contributed by atoms with E-state index in [4.69, 9.17) is 0 Å². The normalized spacial score (nSPS) is 17.6. The van der Waals surface area contributed by atoms with E-state index in [1.54, 1.807) is 18.5 Å². The summed E-state index contributed by atoms with van der Waals surface area (Å²) in [4.78, 5) is 28.6. The van der Waals surface area contributed by atoms with Gasteiger partial charge in [0, 0.05) is 53.3 Å². The molecule has 31 heavy (non-hydrogen) atoms. The molecule has 3 heterocycles. The third kappa shape index (κ3) is 4.59. The van der Waals surface area contributed by atoms with Gasteiger partial charge in [0.2, 0.25) is 5.88 Å². The molecule has 0 unspecified atom stereocenters. The van der Waals surface area contributed by atoms with Gasteiger partial charge in [-0.25, -0.2) is 4.98 Å². The lowest BCUT2D eigenvalue weighted by molar-refractivity contribution is 0.247. The molecular formula is C23H24IN5O2. The maximum atomic E-state index is 12.1. The molecule has 1 aliphatic carbocycles. The summed E-state index contributed by atoms with van der Waals surface area (Å²) in [5.41, 5.74) is 0.869. The molecule has 3 aromatic rings. The zero-order chi connectivity index (χ0) is 21.4. The molecule has 0 bridgehead atoms. The van der Waals surface area contributed by atoms with E-state index in [1.807, 2.05) is 24.3 Å². The Balaban J connectivity index is 1.31. The Morgan fingerprint density at radius 3 is 2.68 bits per heavy atom. The van der Waals surface area contributed by atoms with Crippen molar-refractivity contribution >= 4 is 51.1 Å². The van der Waals surface area contributed by atoms with Crippen molar-refractivity contribution in [3.8, 4) is 5.88 Å². The van der Waals surface area contributed by atoms with Crippen LogP contribution < -0.4 is 10.5 Å². The van der Waals surface area contributed by atoms with Crippen LogP contribution in [0.15, 0.2) is 46.3 Å². The molecular weight excluding hydrogens is 505 g/mol. The molecule has 8 heteroatoms. The Hall–Kier alpha value is -2.46. The van der Waals surface area contributed by atoms with Gasteiger partial charge in [0.25, 0.3) is 5.56 Å². The van der Waals surface area contributed by atoms with Crippen LogP contribution in [0.2, 0.25) is 0 Å². The van der Waals surface area contributed by atoms with Gasteiger partial charge in [-0.3, -0.25) is 19.7 Å². The molecule has 1 saturated heterocycles. The summed E-state index contributed by atoms with van der Waals surface area (Å²) in [6, 6.07) is 9.43. The first-order chi connectivity index (χ1) is 15.1. The van der Waals surface area contributed by atoms with Gasteiger partial charge in [-0.1, -0.05) is 0 Å². The van der Waals surface area contributed by atoms with Crippen molar-refractivity contribution in [3.05, 3.63) is 56.0 Å². The molecule has 2 fully saturated rings. The van der Waals surface area contributed by atoms with Crippen molar-refractivity contribution in [1.82, 2.24) is 14.9 Å². The highest BCUT2D eigenvalue weighted by Gasteiger charge is 2.26. The van der Waals surface area contributed by atoms with Crippen LogP contribution in [0.5, 0.6) is 5.88 Å². The third-order valence-electron chi connectivity index (χ3n) is 5.99. The van der Waals surface area contributed by atoms with E-state index >= 15 is 0 Å². The van der Waals surface area contributed by atoms with Crippen LogP contribution >= 0.6 is 22.6 Å². The fourth-order valence-corrected chi connectivity index (χ4v) is 4.53. The van der Waals surface area contributed by atoms with Gasteiger partial charge < -0.3 is 10.0 Å². The number of aromatic amines is 1. The number of fused-ring (bicyclic) bond motifs is 1.